The van der Waals surface area contributed by atoms with Gasteiger partial charge in [-0.15, -0.1) is 0 Å². The molecule has 1 atom stereocenters. The molecule has 28 heavy (non-hydrogen) atoms. The number of carbonyl (C=O) groups is 3. The molecular weight excluding hydrogens is 360 g/mol. The molecule has 2 aromatic rings. The highest BCUT2D eigenvalue weighted by atomic mass is 16.5. The summed E-state index contributed by atoms with van der Waals surface area (Å²) >= 11 is 0. The normalized spacial score (nSPS) is 18.3. The molecule has 1 unspecified atom stereocenters. The van der Waals surface area contributed by atoms with Gasteiger partial charge in [-0.1, -0.05) is 12.1 Å². The number of ether oxygens (including phenoxy) is 2. The highest BCUT2D eigenvalue weighted by Crippen LogP contribution is 2.34. The maximum absolute atomic E-state index is 12.9. The SMILES string of the molecule is COc1ccccc1N1C(=O)c2ccc(C(=O)NCC3CCCO3)cc2C1=O. The largest absolute Gasteiger partial charge is 0.495 e. The molecule has 7 heteroatoms. The number of carbonyl (C=O) groups excluding carboxylic acids is 3. The monoisotopic (exact) mass is 380 g/mol. The van der Waals surface area contributed by atoms with E-state index in [1.165, 1.54) is 19.2 Å². The minimum absolute atomic E-state index is 0.0302. The molecule has 4 rings (SSSR count). The average Bonchev–Trinajstić information content (AvgIpc) is 3.33. The third kappa shape index (κ3) is 3.14. The van der Waals surface area contributed by atoms with Crippen molar-refractivity contribution in [2.75, 3.05) is 25.2 Å². The number of fused-ring (bicyclic) bond motifs is 1. The molecule has 2 aliphatic rings. The number of methoxy groups -OCH3 is 1. The van der Waals surface area contributed by atoms with Gasteiger partial charge in [0, 0.05) is 18.7 Å². The van der Waals surface area contributed by atoms with E-state index in [1.54, 1.807) is 30.3 Å². The van der Waals surface area contributed by atoms with Crippen LogP contribution in [0, 0.1) is 0 Å². The topological polar surface area (TPSA) is 84.9 Å². The molecule has 1 fully saturated rings. The Morgan fingerprint density at radius 2 is 1.96 bits per heavy atom. The van der Waals surface area contributed by atoms with E-state index in [-0.39, 0.29) is 23.1 Å². The summed E-state index contributed by atoms with van der Waals surface area (Å²) in [5.41, 5.74) is 1.19. The lowest BCUT2D eigenvalue weighted by Crippen LogP contribution is -2.31. The summed E-state index contributed by atoms with van der Waals surface area (Å²) in [6.07, 6.45) is 1.95. The first-order chi connectivity index (χ1) is 13.6. The molecule has 0 radical (unpaired) electrons. The first-order valence-corrected chi connectivity index (χ1v) is 9.16. The number of amides is 3. The number of nitrogens with zero attached hydrogens (tertiary/aromatic N) is 1. The van der Waals surface area contributed by atoms with Gasteiger partial charge in [0.2, 0.25) is 0 Å². The van der Waals surface area contributed by atoms with Gasteiger partial charge < -0.3 is 14.8 Å². The summed E-state index contributed by atoms with van der Waals surface area (Å²) in [5, 5.41) is 2.83. The van der Waals surface area contributed by atoms with Crippen LogP contribution in [0.15, 0.2) is 42.5 Å². The van der Waals surface area contributed by atoms with E-state index < -0.39 is 11.8 Å². The summed E-state index contributed by atoms with van der Waals surface area (Å²) < 4.78 is 10.8. The van der Waals surface area contributed by atoms with Gasteiger partial charge in [-0.25, -0.2) is 4.90 Å². The quantitative estimate of drug-likeness (QED) is 0.805. The zero-order chi connectivity index (χ0) is 19.7. The van der Waals surface area contributed by atoms with Crippen molar-refractivity contribution >= 4 is 23.4 Å². The molecule has 0 aromatic heterocycles. The van der Waals surface area contributed by atoms with Crippen LogP contribution in [0.1, 0.15) is 43.9 Å². The fourth-order valence-electron chi connectivity index (χ4n) is 3.53. The molecular formula is C21H20N2O5. The van der Waals surface area contributed by atoms with Gasteiger partial charge in [-0.05, 0) is 43.2 Å². The first-order valence-electron chi connectivity index (χ1n) is 9.16. The molecule has 144 valence electrons. The maximum Gasteiger partial charge on any atom is 0.266 e. The van der Waals surface area contributed by atoms with Gasteiger partial charge >= 0.3 is 0 Å². The van der Waals surface area contributed by atoms with Crippen LogP contribution >= 0.6 is 0 Å². The van der Waals surface area contributed by atoms with E-state index in [0.717, 1.165) is 24.3 Å². The second-order valence-electron chi connectivity index (χ2n) is 6.72. The standard InChI is InChI=1S/C21H20N2O5/c1-27-18-7-3-2-6-17(18)23-20(25)15-9-8-13(11-16(15)21(23)26)19(24)22-12-14-5-4-10-28-14/h2-3,6-9,11,14H,4-5,10,12H2,1H3,(H,22,24). The van der Waals surface area contributed by atoms with Gasteiger partial charge in [-0.3, -0.25) is 14.4 Å². The van der Waals surface area contributed by atoms with Gasteiger partial charge in [0.15, 0.2) is 0 Å². The number of anilines is 1. The predicted octanol–water partition coefficient (Wildman–Crippen LogP) is 2.40. The molecule has 0 saturated carbocycles. The van der Waals surface area contributed by atoms with Crippen LogP contribution < -0.4 is 15.0 Å². The van der Waals surface area contributed by atoms with Crippen molar-refractivity contribution in [1.29, 1.82) is 0 Å². The third-order valence-corrected chi connectivity index (χ3v) is 4.99. The second kappa shape index (κ2) is 7.44. The maximum atomic E-state index is 12.9. The fraction of sp³-hybridized carbons (Fsp3) is 0.286. The third-order valence-electron chi connectivity index (χ3n) is 4.99. The number of para-hydroxylation sites is 2. The number of imide groups is 1. The van der Waals surface area contributed by atoms with Gasteiger partial charge in [0.05, 0.1) is 30.0 Å². The Morgan fingerprint density at radius 3 is 2.71 bits per heavy atom. The van der Waals surface area contributed by atoms with E-state index in [9.17, 15) is 14.4 Å². The van der Waals surface area contributed by atoms with Crippen molar-refractivity contribution in [1.82, 2.24) is 5.32 Å². The number of rotatable bonds is 5. The zero-order valence-electron chi connectivity index (χ0n) is 15.4. The van der Waals surface area contributed by atoms with E-state index in [4.69, 9.17) is 9.47 Å². The van der Waals surface area contributed by atoms with Crippen LogP contribution in [0.2, 0.25) is 0 Å². The van der Waals surface area contributed by atoms with Crippen LogP contribution in [-0.4, -0.2) is 44.1 Å². The highest BCUT2D eigenvalue weighted by molar-refractivity contribution is 6.35. The Balaban J connectivity index is 1.57. The number of hydrogen-bond acceptors (Lipinski definition) is 5. The van der Waals surface area contributed by atoms with Crippen molar-refractivity contribution in [3.63, 3.8) is 0 Å². The fourth-order valence-corrected chi connectivity index (χ4v) is 3.53. The van der Waals surface area contributed by atoms with Crippen molar-refractivity contribution < 1.29 is 23.9 Å². The number of benzene rings is 2. The summed E-state index contributed by atoms with van der Waals surface area (Å²) in [5.74, 6) is -0.782. The lowest BCUT2D eigenvalue weighted by molar-refractivity contribution is 0.0857. The molecule has 7 nitrogen and oxygen atoms in total. The summed E-state index contributed by atoms with van der Waals surface area (Å²) in [6, 6.07) is 11.4. The summed E-state index contributed by atoms with van der Waals surface area (Å²) in [4.78, 5) is 39.2. The van der Waals surface area contributed by atoms with E-state index in [2.05, 4.69) is 5.32 Å². The molecule has 2 aliphatic heterocycles. The Hall–Kier alpha value is -3.19. The van der Waals surface area contributed by atoms with Crippen LogP contribution in [0.4, 0.5) is 5.69 Å². The lowest BCUT2D eigenvalue weighted by Gasteiger charge is -2.16. The number of nitrogens with one attached hydrogen (secondary N) is 1. The number of hydrogen-bond donors (Lipinski definition) is 1. The van der Waals surface area contributed by atoms with Crippen LogP contribution in [-0.2, 0) is 4.74 Å². The van der Waals surface area contributed by atoms with E-state index in [1.807, 2.05) is 0 Å². The molecule has 1 N–H and O–H groups in total. The van der Waals surface area contributed by atoms with Crippen LogP contribution in [0.3, 0.4) is 0 Å². The molecule has 0 spiro atoms. The van der Waals surface area contributed by atoms with Crippen molar-refractivity contribution in [3.05, 3.63) is 59.2 Å². The van der Waals surface area contributed by atoms with E-state index in [0.29, 0.717) is 23.5 Å². The van der Waals surface area contributed by atoms with E-state index >= 15 is 0 Å². The Labute approximate surface area is 162 Å². The molecule has 0 aliphatic carbocycles. The predicted molar refractivity (Wildman–Crippen MR) is 102 cm³/mol. The molecule has 1 saturated heterocycles. The first kappa shape index (κ1) is 18.2. The minimum atomic E-state index is -0.474. The van der Waals surface area contributed by atoms with Crippen molar-refractivity contribution in [3.8, 4) is 5.75 Å². The van der Waals surface area contributed by atoms with Crippen molar-refractivity contribution in [2.24, 2.45) is 0 Å². The second-order valence-corrected chi connectivity index (χ2v) is 6.72. The van der Waals surface area contributed by atoms with Crippen LogP contribution in [0.5, 0.6) is 5.75 Å². The van der Waals surface area contributed by atoms with Gasteiger partial charge in [0.1, 0.15) is 5.75 Å². The Kier molecular flexibility index (Phi) is 4.83. The zero-order valence-corrected chi connectivity index (χ0v) is 15.4. The average molecular weight is 380 g/mol. The molecule has 3 amide bonds. The van der Waals surface area contributed by atoms with Gasteiger partial charge in [0.25, 0.3) is 17.7 Å². The minimum Gasteiger partial charge on any atom is -0.495 e. The highest BCUT2D eigenvalue weighted by Gasteiger charge is 2.38. The molecule has 2 heterocycles. The summed E-state index contributed by atoms with van der Waals surface area (Å²) in [6.45, 7) is 1.14. The van der Waals surface area contributed by atoms with Gasteiger partial charge in [-0.2, -0.15) is 0 Å². The Morgan fingerprint density at radius 1 is 1.18 bits per heavy atom. The van der Waals surface area contributed by atoms with Crippen molar-refractivity contribution in [2.45, 2.75) is 18.9 Å². The summed E-state index contributed by atoms with van der Waals surface area (Å²) in [7, 11) is 1.48. The smallest absolute Gasteiger partial charge is 0.266 e. The molecule has 0 bridgehead atoms. The Bertz CT molecular complexity index is 950. The van der Waals surface area contributed by atoms with Crippen LogP contribution in [0.25, 0.3) is 0 Å². The lowest BCUT2D eigenvalue weighted by atomic mass is 10.1. The molecule has 2 aromatic carbocycles.